The Labute approximate surface area is 47.7 Å². The van der Waals surface area contributed by atoms with E-state index in [9.17, 15) is 0 Å². The molecule has 0 atom stereocenters. The van der Waals surface area contributed by atoms with Gasteiger partial charge in [-0.05, 0) is 0 Å². The number of hydrogen-bond donors (Lipinski definition) is 1. The predicted octanol–water partition coefficient (Wildman–Crippen LogP) is 0.692. The zero-order chi connectivity index (χ0) is 4.00. The van der Waals surface area contributed by atoms with Crippen molar-refractivity contribution in [1.29, 1.82) is 0 Å². The van der Waals surface area contributed by atoms with Gasteiger partial charge in [0, 0.05) is 25.7 Å². The summed E-state index contributed by atoms with van der Waals surface area (Å²) in [6, 6.07) is 0. The number of hydrogen-bond acceptors (Lipinski definition) is 1. The molecule has 0 aromatic carbocycles. The Balaban J connectivity index is -0.00000000500. The minimum atomic E-state index is 0. The van der Waals surface area contributed by atoms with Gasteiger partial charge in [0.15, 0.2) is 0 Å². The Hall–Kier alpha value is 0.544. The van der Waals surface area contributed by atoms with Gasteiger partial charge in [-0.1, -0.05) is 7.43 Å². The van der Waals surface area contributed by atoms with Crippen LogP contribution in [0, 0.1) is 7.40 Å². The molecule has 0 fully saturated rings. The van der Waals surface area contributed by atoms with Crippen molar-refractivity contribution in [1.82, 2.24) is 0 Å². The van der Waals surface area contributed by atoms with E-state index in [-0.39, 0.29) is 26.0 Å². The molecule has 0 bridgehead atoms. The van der Waals surface area contributed by atoms with Crippen LogP contribution in [-0.4, -0.2) is 12.2 Å². The summed E-state index contributed by atoms with van der Waals surface area (Å²) in [4.78, 5) is 0. The molecule has 5 heavy (non-hydrogen) atoms. The van der Waals surface area contributed by atoms with Gasteiger partial charge in [-0.2, -0.15) is 0 Å². The van der Waals surface area contributed by atoms with Gasteiger partial charge in [0.05, 0.1) is 0 Å². The van der Waals surface area contributed by atoms with Gasteiger partial charge in [-0.3, -0.25) is 0 Å². The van der Waals surface area contributed by atoms with Crippen LogP contribution in [0.2, 0.25) is 0 Å². The van der Waals surface area contributed by atoms with Crippen LogP contribution < -0.4 is 0 Å². The number of rotatable bonds is 0. The fourth-order valence-electron chi connectivity index (χ4n) is 0. The third kappa shape index (κ3) is 99.3. The zero-order valence-electron chi connectivity index (χ0n) is 3.60. The molecule has 0 spiro atoms. The molecule has 0 saturated carbocycles. The standard InChI is InChI=1S/CH4O.CH4.CH3.V/c1-2;;;/h2H,1H3;1H4;1H3;/q;;-1;/i;;1D;. The van der Waals surface area contributed by atoms with Crippen molar-refractivity contribution in [2.75, 3.05) is 7.11 Å². The molecular formula is C3H11OV-. The molecule has 1 nitrogen and oxygen atoms in total. The van der Waals surface area contributed by atoms with E-state index in [0.717, 1.165) is 7.11 Å². The summed E-state index contributed by atoms with van der Waals surface area (Å²) < 4.78 is 5.50. The Bertz CT molecular complexity index is 10.8. The Morgan fingerprint density at radius 2 is 1.60 bits per heavy atom. The van der Waals surface area contributed by atoms with E-state index in [1.54, 1.807) is 0 Å². The molecule has 1 N–H and O–H groups in total. The summed E-state index contributed by atoms with van der Waals surface area (Å²) in [5.74, 6) is 0. The first kappa shape index (κ1) is 17.7. The van der Waals surface area contributed by atoms with Crippen LogP contribution in [0.5, 0.6) is 0 Å². The van der Waals surface area contributed by atoms with Crippen LogP contribution in [0.3, 0.4) is 0 Å². The summed E-state index contributed by atoms with van der Waals surface area (Å²) in [7, 11) is 3.50. The largest absolute Gasteiger partial charge is 0.400 e. The van der Waals surface area contributed by atoms with Crippen molar-refractivity contribution >= 4 is 0 Å². The fourth-order valence-corrected chi connectivity index (χ4v) is 0. The van der Waals surface area contributed by atoms with E-state index >= 15 is 0 Å². The first-order valence-electron chi connectivity index (χ1n) is 1.15. The minimum Gasteiger partial charge on any atom is -0.400 e. The van der Waals surface area contributed by atoms with Gasteiger partial charge in [-0.25, -0.2) is 1.37 Å². The molecular weight excluding hydrogens is 103 g/mol. The summed E-state index contributed by atoms with van der Waals surface area (Å²) >= 11 is 0. The smallest absolute Gasteiger partial charge is 0.0319 e. The van der Waals surface area contributed by atoms with Gasteiger partial charge in [-0.15, -0.1) is 0 Å². The first-order chi connectivity index (χ1) is 2.00. The molecule has 0 unspecified atom stereocenters. The second kappa shape index (κ2) is 193. The van der Waals surface area contributed by atoms with E-state index in [0.29, 0.717) is 0 Å². The van der Waals surface area contributed by atoms with Crippen LogP contribution in [0.25, 0.3) is 0 Å². The van der Waals surface area contributed by atoms with Crippen molar-refractivity contribution in [3.8, 4) is 0 Å². The van der Waals surface area contributed by atoms with Gasteiger partial charge < -0.3 is 12.5 Å². The SMILES string of the molecule is C.CO.[2H][CH2-].[V]. The van der Waals surface area contributed by atoms with Crippen LogP contribution in [0.15, 0.2) is 0 Å². The van der Waals surface area contributed by atoms with Gasteiger partial charge in [0.1, 0.15) is 0 Å². The molecule has 0 heterocycles. The first-order valence-corrected chi connectivity index (χ1v) is 0.447. The number of aliphatic hydroxyl groups excluding tert-OH is 1. The predicted molar refractivity (Wildman–Crippen MR) is 21.3 cm³/mol. The van der Waals surface area contributed by atoms with E-state index in [1.807, 2.05) is 0 Å². The molecule has 2 heteroatoms. The summed E-state index contributed by atoms with van der Waals surface area (Å²) in [5.41, 5.74) is 0. The van der Waals surface area contributed by atoms with Crippen LogP contribution >= 0.6 is 0 Å². The summed E-state index contributed by atoms with van der Waals surface area (Å²) in [6.07, 6.45) is 0. The van der Waals surface area contributed by atoms with Gasteiger partial charge in [0.2, 0.25) is 0 Å². The topological polar surface area (TPSA) is 20.2 Å². The van der Waals surface area contributed by atoms with E-state index in [4.69, 9.17) is 6.48 Å². The second-order valence-electron chi connectivity index (χ2n) is 0. The molecule has 0 aliphatic heterocycles. The van der Waals surface area contributed by atoms with E-state index < -0.39 is 0 Å². The van der Waals surface area contributed by atoms with E-state index in [1.165, 1.54) is 0 Å². The average Bonchev–Trinajstić information content (AvgIpc) is 1.50. The van der Waals surface area contributed by atoms with Crippen LogP contribution in [0.4, 0.5) is 0 Å². The molecule has 0 amide bonds. The van der Waals surface area contributed by atoms with Crippen LogP contribution in [-0.2, 0) is 18.6 Å². The molecule has 0 rings (SSSR count). The molecule has 0 saturated heterocycles. The fraction of sp³-hybridized carbons (Fsp3) is 0.667. The van der Waals surface area contributed by atoms with Gasteiger partial charge >= 0.3 is 0 Å². The maximum atomic E-state index is 7.00. The number of aliphatic hydroxyl groups is 1. The minimum absolute atomic E-state index is 0. The Kier molecular flexibility index (Phi) is 681. The van der Waals surface area contributed by atoms with Crippen molar-refractivity contribution in [3.63, 3.8) is 0 Å². The third-order valence-electron chi connectivity index (χ3n) is 0. The van der Waals surface area contributed by atoms with Crippen molar-refractivity contribution < 1.29 is 25.0 Å². The van der Waals surface area contributed by atoms with Crippen molar-refractivity contribution in [2.45, 2.75) is 7.43 Å². The maximum Gasteiger partial charge on any atom is 0.0319 e. The zero-order valence-corrected chi connectivity index (χ0v) is 4.00. The van der Waals surface area contributed by atoms with E-state index in [2.05, 4.69) is 7.40 Å². The quantitative estimate of drug-likeness (QED) is 0.460. The summed E-state index contributed by atoms with van der Waals surface area (Å²) in [6.45, 7) is 0. The monoisotopic (exact) mass is 115 g/mol. The average molecular weight is 115 g/mol. The Morgan fingerprint density at radius 3 is 1.60 bits per heavy atom. The molecule has 0 aromatic heterocycles. The van der Waals surface area contributed by atoms with Gasteiger partial charge in [0.25, 0.3) is 0 Å². The van der Waals surface area contributed by atoms with Crippen LogP contribution in [0.1, 0.15) is 8.80 Å². The maximum absolute atomic E-state index is 7.00. The second-order valence-corrected chi connectivity index (χ2v) is 0. The Morgan fingerprint density at radius 1 is 1.60 bits per heavy atom. The van der Waals surface area contributed by atoms with Crippen molar-refractivity contribution in [2.24, 2.45) is 0 Å². The van der Waals surface area contributed by atoms with Crippen molar-refractivity contribution in [3.05, 3.63) is 7.40 Å². The summed E-state index contributed by atoms with van der Waals surface area (Å²) in [5, 5.41) is 7.00. The molecule has 1 radical (unpaired) electrons. The molecule has 0 aromatic rings. The molecule has 35 valence electrons. The normalized spacial score (nSPS) is 2.60. The molecule has 0 aliphatic carbocycles. The molecule has 0 aliphatic rings. The third-order valence-corrected chi connectivity index (χ3v) is 0.